The van der Waals surface area contributed by atoms with Crippen LogP contribution in [0.1, 0.15) is 0 Å². The van der Waals surface area contributed by atoms with Gasteiger partial charge in [0.1, 0.15) is 11.7 Å². The number of hydrogen-bond donors (Lipinski definition) is 1. The maximum absolute atomic E-state index is 12.7. The molecule has 0 aromatic carbocycles. The van der Waals surface area contributed by atoms with Crippen molar-refractivity contribution in [1.82, 2.24) is 19.6 Å². The monoisotopic (exact) mass is 292 g/mol. The molecule has 114 valence electrons. The van der Waals surface area contributed by atoms with Gasteiger partial charge in [0, 0.05) is 48.4 Å². The van der Waals surface area contributed by atoms with E-state index >= 15 is 0 Å². The molecule has 2 aliphatic rings. The van der Waals surface area contributed by atoms with E-state index in [9.17, 15) is 9.59 Å². The Kier molecular flexibility index (Phi) is 3.27. The van der Waals surface area contributed by atoms with Gasteiger partial charge in [-0.1, -0.05) is 0 Å². The van der Waals surface area contributed by atoms with Crippen LogP contribution >= 0.6 is 0 Å². The molecular weight excluding hydrogens is 272 g/mol. The number of carbonyl (C=O) groups is 2. The van der Waals surface area contributed by atoms with Crippen molar-refractivity contribution < 1.29 is 9.59 Å². The normalized spacial score (nSPS) is 25.5. The van der Waals surface area contributed by atoms with Gasteiger partial charge >= 0.3 is 6.03 Å². The summed E-state index contributed by atoms with van der Waals surface area (Å²) in [6.07, 6.45) is 1.77. The highest BCUT2D eigenvalue weighted by Crippen LogP contribution is 2.36. The number of likely N-dealkylation sites (N-methyl/N-ethyl adjacent to an activating group) is 4. The maximum Gasteiger partial charge on any atom is 0.331 e. The molecule has 1 spiro atoms. The molecule has 8 nitrogen and oxygen atoms in total. The fourth-order valence-electron chi connectivity index (χ4n) is 2.50. The Morgan fingerprint density at radius 3 is 2.14 bits per heavy atom. The molecule has 1 N–H and O–H groups in total. The second kappa shape index (κ2) is 4.57. The predicted octanol–water partition coefficient (Wildman–Crippen LogP) is -0.355. The molecule has 2 rings (SSSR count). The minimum atomic E-state index is -1.49. The molecule has 1 unspecified atom stereocenters. The largest absolute Gasteiger partial charge is 0.378 e. The lowest BCUT2D eigenvalue weighted by molar-refractivity contribution is -0.131. The van der Waals surface area contributed by atoms with E-state index in [-0.39, 0.29) is 5.84 Å². The zero-order chi connectivity index (χ0) is 16.1. The summed E-state index contributed by atoms with van der Waals surface area (Å²) < 4.78 is 0. The van der Waals surface area contributed by atoms with E-state index in [1.54, 1.807) is 30.0 Å². The van der Waals surface area contributed by atoms with Gasteiger partial charge in [-0.25, -0.2) is 9.79 Å². The standard InChI is InChI=1S/C13H20N6O2/c1-16(2)8-7-9(17(3)4)15-13(8)10(14)18(5)12(21)19(6)11(13)20/h7,14H,1-6H3. The van der Waals surface area contributed by atoms with Crippen LogP contribution in [0.5, 0.6) is 0 Å². The third-order valence-electron chi connectivity index (χ3n) is 3.72. The number of rotatable bonds is 1. The zero-order valence-corrected chi connectivity index (χ0v) is 13.1. The Morgan fingerprint density at radius 1 is 1.10 bits per heavy atom. The Bertz CT molecular complexity index is 565. The molecule has 1 atom stereocenters. The van der Waals surface area contributed by atoms with E-state index in [4.69, 9.17) is 5.41 Å². The van der Waals surface area contributed by atoms with E-state index in [2.05, 4.69) is 4.99 Å². The minimum Gasteiger partial charge on any atom is -0.378 e. The summed E-state index contributed by atoms with van der Waals surface area (Å²) in [5.41, 5.74) is -0.909. The Balaban J connectivity index is 2.67. The predicted molar refractivity (Wildman–Crippen MR) is 79.3 cm³/mol. The number of amidine groups is 2. The molecule has 21 heavy (non-hydrogen) atoms. The van der Waals surface area contributed by atoms with Crippen molar-refractivity contribution in [2.24, 2.45) is 4.99 Å². The Labute approximate surface area is 123 Å². The summed E-state index contributed by atoms with van der Waals surface area (Å²) in [5.74, 6) is -0.0484. The molecule has 0 aliphatic carbocycles. The van der Waals surface area contributed by atoms with Crippen molar-refractivity contribution in [3.63, 3.8) is 0 Å². The highest BCUT2D eigenvalue weighted by atomic mass is 16.2. The topological polar surface area (TPSA) is 83.3 Å². The summed E-state index contributed by atoms with van der Waals surface area (Å²) in [6.45, 7) is 0. The molecule has 8 heteroatoms. The van der Waals surface area contributed by atoms with Crippen molar-refractivity contribution in [3.05, 3.63) is 11.8 Å². The van der Waals surface area contributed by atoms with Gasteiger partial charge in [0.15, 0.2) is 0 Å². The first kappa shape index (κ1) is 15.0. The van der Waals surface area contributed by atoms with Gasteiger partial charge in [-0.3, -0.25) is 20.0 Å². The lowest BCUT2D eigenvalue weighted by atomic mass is 9.90. The molecule has 0 aromatic heterocycles. The number of urea groups is 1. The van der Waals surface area contributed by atoms with Crippen LogP contribution in [-0.2, 0) is 4.79 Å². The number of amides is 3. The number of hydrogen-bond acceptors (Lipinski definition) is 6. The average molecular weight is 292 g/mol. The fraction of sp³-hybridized carbons (Fsp3) is 0.538. The summed E-state index contributed by atoms with van der Waals surface area (Å²) in [4.78, 5) is 34.9. The third-order valence-corrected chi connectivity index (χ3v) is 3.72. The fourth-order valence-corrected chi connectivity index (χ4v) is 2.50. The molecule has 3 amide bonds. The van der Waals surface area contributed by atoms with E-state index in [1.807, 2.05) is 14.1 Å². The van der Waals surface area contributed by atoms with Gasteiger partial charge in [-0.2, -0.15) is 0 Å². The van der Waals surface area contributed by atoms with Crippen molar-refractivity contribution >= 4 is 23.6 Å². The van der Waals surface area contributed by atoms with Crippen LogP contribution in [-0.4, -0.2) is 91.0 Å². The quantitative estimate of drug-likeness (QED) is 0.716. The molecule has 0 aromatic rings. The molecule has 0 radical (unpaired) electrons. The molecular formula is C13H20N6O2. The first-order valence-electron chi connectivity index (χ1n) is 6.46. The second-order valence-electron chi connectivity index (χ2n) is 5.55. The van der Waals surface area contributed by atoms with E-state index in [0.29, 0.717) is 11.5 Å². The van der Waals surface area contributed by atoms with Crippen LogP contribution < -0.4 is 0 Å². The summed E-state index contributed by atoms with van der Waals surface area (Å²) in [6, 6.07) is -0.526. The van der Waals surface area contributed by atoms with Crippen LogP contribution in [0.25, 0.3) is 0 Å². The van der Waals surface area contributed by atoms with Gasteiger partial charge in [-0.05, 0) is 0 Å². The van der Waals surface area contributed by atoms with Crippen LogP contribution in [0.3, 0.4) is 0 Å². The number of nitrogens with one attached hydrogen (secondary N) is 1. The van der Waals surface area contributed by atoms with Gasteiger partial charge in [-0.15, -0.1) is 0 Å². The lowest BCUT2D eigenvalue weighted by Crippen LogP contribution is -2.67. The molecule has 0 saturated carbocycles. The Morgan fingerprint density at radius 2 is 1.67 bits per heavy atom. The minimum absolute atomic E-state index is 0.132. The second-order valence-corrected chi connectivity index (χ2v) is 5.55. The van der Waals surface area contributed by atoms with Crippen molar-refractivity contribution in [2.75, 3.05) is 42.3 Å². The molecule has 1 fully saturated rings. The summed E-state index contributed by atoms with van der Waals surface area (Å²) >= 11 is 0. The smallest absolute Gasteiger partial charge is 0.331 e. The number of carbonyl (C=O) groups excluding carboxylic acids is 2. The van der Waals surface area contributed by atoms with E-state index in [0.717, 1.165) is 9.80 Å². The van der Waals surface area contributed by atoms with Gasteiger partial charge < -0.3 is 9.80 Å². The Hall–Kier alpha value is -2.38. The van der Waals surface area contributed by atoms with Gasteiger partial charge in [0.2, 0.25) is 5.54 Å². The number of nitrogens with zero attached hydrogens (tertiary/aromatic N) is 5. The van der Waals surface area contributed by atoms with Gasteiger partial charge in [0.25, 0.3) is 5.91 Å². The molecule has 0 bridgehead atoms. The third kappa shape index (κ3) is 1.82. The summed E-state index contributed by atoms with van der Waals surface area (Å²) in [5, 5.41) is 8.31. The van der Waals surface area contributed by atoms with Crippen LogP contribution in [0, 0.1) is 5.41 Å². The zero-order valence-electron chi connectivity index (χ0n) is 13.1. The highest BCUT2D eigenvalue weighted by molar-refractivity contribution is 6.27. The summed E-state index contributed by atoms with van der Waals surface area (Å²) in [7, 11) is 10.1. The number of aliphatic imine (C=N–C) groups is 1. The molecule has 2 aliphatic heterocycles. The van der Waals surface area contributed by atoms with E-state index < -0.39 is 17.5 Å². The van der Waals surface area contributed by atoms with Crippen molar-refractivity contribution in [3.8, 4) is 0 Å². The SMILES string of the molecule is CN(C)C1=CC(N(C)C)=NC12C(=N)N(C)C(=O)N(C)C2=O. The molecule has 2 heterocycles. The van der Waals surface area contributed by atoms with Gasteiger partial charge in [0.05, 0.1) is 5.70 Å². The van der Waals surface area contributed by atoms with E-state index in [1.165, 1.54) is 14.1 Å². The number of imide groups is 1. The maximum atomic E-state index is 12.7. The average Bonchev–Trinajstić information content (AvgIpc) is 2.83. The molecule has 1 saturated heterocycles. The first-order chi connectivity index (χ1) is 9.64. The highest BCUT2D eigenvalue weighted by Gasteiger charge is 2.58. The van der Waals surface area contributed by atoms with Crippen molar-refractivity contribution in [2.45, 2.75) is 5.54 Å². The van der Waals surface area contributed by atoms with Crippen LogP contribution in [0.15, 0.2) is 16.8 Å². The first-order valence-corrected chi connectivity index (χ1v) is 6.46. The van der Waals surface area contributed by atoms with Crippen molar-refractivity contribution in [1.29, 1.82) is 5.41 Å². The lowest BCUT2D eigenvalue weighted by Gasteiger charge is -2.42. The van der Waals surface area contributed by atoms with Crippen LogP contribution in [0.4, 0.5) is 4.79 Å². The van der Waals surface area contributed by atoms with Crippen LogP contribution in [0.2, 0.25) is 0 Å².